The predicted octanol–water partition coefficient (Wildman–Crippen LogP) is 2.67. The molecule has 0 saturated heterocycles. The number of methoxy groups -OCH3 is 2. The van der Waals surface area contributed by atoms with Crippen molar-refractivity contribution in [3.63, 3.8) is 0 Å². The van der Waals surface area contributed by atoms with Crippen LogP contribution in [0.4, 0.5) is 10.1 Å². The molecule has 0 aliphatic rings. The first-order chi connectivity index (χ1) is 10.4. The molecule has 2 rings (SSSR count). The van der Waals surface area contributed by atoms with E-state index in [4.69, 9.17) is 9.47 Å². The number of anilines is 1. The van der Waals surface area contributed by atoms with E-state index < -0.39 is 15.8 Å². The molecule has 0 spiro atoms. The number of nitrogens with zero attached hydrogens (tertiary/aromatic N) is 1. The van der Waals surface area contributed by atoms with Gasteiger partial charge in [0.1, 0.15) is 5.82 Å². The quantitative estimate of drug-likeness (QED) is 0.848. The molecule has 0 bridgehead atoms. The number of hydrogen-bond acceptors (Lipinski definition) is 4. The van der Waals surface area contributed by atoms with Crippen LogP contribution in [0, 0.1) is 5.82 Å². The Kier molecular flexibility index (Phi) is 4.56. The van der Waals surface area contributed by atoms with Crippen molar-refractivity contribution in [2.24, 2.45) is 0 Å². The minimum absolute atomic E-state index is 0.121. The highest BCUT2D eigenvalue weighted by atomic mass is 32.2. The first-order valence-electron chi connectivity index (χ1n) is 6.36. The molecule has 0 heterocycles. The van der Waals surface area contributed by atoms with E-state index in [0.29, 0.717) is 17.2 Å². The third-order valence-electron chi connectivity index (χ3n) is 3.19. The molecule has 5 nitrogen and oxygen atoms in total. The molecule has 0 amide bonds. The monoisotopic (exact) mass is 325 g/mol. The van der Waals surface area contributed by atoms with E-state index in [2.05, 4.69) is 0 Å². The van der Waals surface area contributed by atoms with Crippen molar-refractivity contribution in [2.75, 3.05) is 25.6 Å². The van der Waals surface area contributed by atoms with Crippen molar-refractivity contribution in [3.8, 4) is 11.5 Å². The number of ether oxygens (including phenoxy) is 2. The molecule has 0 saturated carbocycles. The molecule has 0 aliphatic carbocycles. The Labute approximate surface area is 128 Å². The van der Waals surface area contributed by atoms with E-state index in [1.807, 2.05) is 0 Å². The Morgan fingerprint density at radius 3 is 2.27 bits per heavy atom. The van der Waals surface area contributed by atoms with Crippen molar-refractivity contribution in [1.82, 2.24) is 0 Å². The summed E-state index contributed by atoms with van der Waals surface area (Å²) in [7, 11) is 0.480. The summed E-state index contributed by atoms with van der Waals surface area (Å²) in [5.74, 6) is 0.283. The Morgan fingerprint density at radius 2 is 1.68 bits per heavy atom. The summed E-state index contributed by atoms with van der Waals surface area (Å²) >= 11 is 0. The molecule has 0 fully saturated rings. The zero-order valence-corrected chi connectivity index (χ0v) is 13.2. The van der Waals surface area contributed by atoms with Crippen LogP contribution < -0.4 is 13.8 Å². The zero-order chi connectivity index (χ0) is 16.3. The van der Waals surface area contributed by atoms with Crippen molar-refractivity contribution in [3.05, 3.63) is 48.3 Å². The van der Waals surface area contributed by atoms with E-state index in [1.165, 1.54) is 45.5 Å². The molecule has 0 atom stereocenters. The Morgan fingerprint density at radius 1 is 1.00 bits per heavy atom. The topological polar surface area (TPSA) is 55.8 Å². The molecule has 0 aliphatic heterocycles. The number of halogens is 1. The first kappa shape index (κ1) is 16.1. The fourth-order valence-corrected chi connectivity index (χ4v) is 3.16. The average Bonchev–Trinajstić information content (AvgIpc) is 2.53. The highest BCUT2D eigenvalue weighted by Crippen LogP contribution is 2.33. The molecular weight excluding hydrogens is 309 g/mol. The largest absolute Gasteiger partial charge is 0.493 e. The minimum Gasteiger partial charge on any atom is -0.493 e. The van der Waals surface area contributed by atoms with Crippen LogP contribution in [0.15, 0.2) is 47.4 Å². The van der Waals surface area contributed by atoms with E-state index in [1.54, 1.807) is 12.1 Å². The molecule has 118 valence electrons. The van der Waals surface area contributed by atoms with Crippen molar-refractivity contribution in [2.45, 2.75) is 4.90 Å². The number of sulfonamides is 1. The second-order valence-electron chi connectivity index (χ2n) is 4.47. The van der Waals surface area contributed by atoms with Gasteiger partial charge < -0.3 is 9.47 Å². The lowest BCUT2D eigenvalue weighted by molar-refractivity contribution is 0.355. The molecule has 7 heteroatoms. The fourth-order valence-electron chi connectivity index (χ4n) is 1.95. The lowest BCUT2D eigenvalue weighted by atomic mass is 10.3. The summed E-state index contributed by atoms with van der Waals surface area (Å²) < 4.78 is 49.6. The van der Waals surface area contributed by atoms with Gasteiger partial charge in [0.2, 0.25) is 0 Å². The summed E-state index contributed by atoms with van der Waals surface area (Å²) in [6, 6.07) is 9.59. The third kappa shape index (κ3) is 2.99. The summed E-state index contributed by atoms with van der Waals surface area (Å²) in [6.07, 6.45) is 0. The summed E-state index contributed by atoms with van der Waals surface area (Å²) in [6.45, 7) is 0. The number of rotatable bonds is 5. The Balaban J connectivity index is 2.44. The van der Waals surface area contributed by atoms with Gasteiger partial charge in [-0.25, -0.2) is 12.8 Å². The highest BCUT2D eigenvalue weighted by Gasteiger charge is 2.22. The zero-order valence-electron chi connectivity index (χ0n) is 12.4. The molecular formula is C15H16FNO4S. The maximum absolute atomic E-state index is 13.3. The lowest BCUT2D eigenvalue weighted by Gasteiger charge is -2.20. The average molecular weight is 325 g/mol. The van der Waals surface area contributed by atoms with Crippen LogP contribution >= 0.6 is 0 Å². The van der Waals surface area contributed by atoms with Gasteiger partial charge >= 0.3 is 0 Å². The lowest BCUT2D eigenvalue weighted by Crippen LogP contribution is -2.26. The van der Waals surface area contributed by atoms with Crippen LogP contribution in [0.1, 0.15) is 0 Å². The van der Waals surface area contributed by atoms with Crippen LogP contribution in [0.2, 0.25) is 0 Å². The standard InChI is InChI=1S/C15H16FNO4S/c1-17(12-7-8-14(20-2)15(10-12)21-3)22(18,19)13-6-4-5-11(16)9-13/h4-10H,1-3H3. The van der Waals surface area contributed by atoms with E-state index in [-0.39, 0.29) is 4.90 Å². The van der Waals surface area contributed by atoms with Crippen LogP contribution in [0.3, 0.4) is 0 Å². The predicted molar refractivity (Wildman–Crippen MR) is 81.5 cm³/mol. The van der Waals surface area contributed by atoms with Gasteiger partial charge in [-0.05, 0) is 30.3 Å². The maximum atomic E-state index is 13.3. The third-order valence-corrected chi connectivity index (χ3v) is 4.97. The molecule has 2 aromatic rings. The summed E-state index contributed by atoms with van der Waals surface area (Å²) in [4.78, 5) is -0.121. The van der Waals surface area contributed by atoms with Crippen LogP contribution in [0.5, 0.6) is 11.5 Å². The number of benzene rings is 2. The van der Waals surface area contributed by atoms with Gasteiger partial charge in [0, 0.05) is 13.1 Å². The first-order valence-corrected chi connectivity index (χ1v) is 7.80. The van der Waals surface area contributed by atoms with E-state index in [0.717, 1.165) is 10.4 Å². The molecule has 0 radical (unpaired) electrons. The van der Waals surface area contributed by atoms with Gasteiger partial charge in [-0.2, -0.15) is 0 Å². The van der Waals surface area contributed by atoms with Crippen LogP contribution in [-0.4, -0.2) is 29.7 Å². The molecule has 0 N–H and O–H groups in total. The van der Waals surface area contributed by atoms with Gasteiger partial charge in [-0.15, -0.1) is 0 Å². The molecule has 0 unspecified atom stereocenters. The van der Waals surface area contributed by atoms with Crippen LogP contribution in [0.25, 0.3) is 0 Å². The van der Waals surface area contributed by atoms with E-state index >= 15 is 0 Å². The Hall–Kier alpha value is -2.28. The molecule has 22 heavy (non-hydrogen) atoms. The van der Waals surface area contributed by atoms with E-state index in [9.17, 15) is 12.8 Å². The minimum atomic E-state index is -3.86. The molecule has 0 aromatic heterocycles. The van der Waals surface area contributed by atoms with Crippen molar-refractivity contribution < 1.29 is 22.3 Å². The van der Waals surface area contributed by atoms with Gasteiger partial charge in [0.15, 0.2) is 11.5 Å². The smallest absolute Gasteiger partial charge is 0.264 e. The summed E-state index contributed by atoms with van der Waals surface area (Å²) in [5, 5.41) is 0. The second-order valence-corrected chi connectivity index (χ2v) is 6.44. The van der Waals surface area contributed by atoms with Crippen molar-refractivity contribution >= 4 is 15.7 Å². The van der Waals surface area contributed by atoms with Gasteiger partial charge in [0.25, 0.3) is 10.0 Å². The second kappa shape index (κ2) is 6.23. The highest BCUT2D eigenvalue weighted by molar-refractivity contribution is 7.92. The normalized spacial score (nSPS) is 11.1. The van der Waals surface area contributed by atoms with Crippen LogP contribution in [-0.2, 0) is 10.0 Å². The number of hydrogen-bond donors (Lipinski definition) is 0. The van der Waals surface area contributed by atoms with Crippen molar-refractivity contribution in [1.29, 1.82) is 0 Å². The SMILES string of the molecule is COc1ccc(N(C)S(=O)(=O)c2cccc(F)c2)cc1OC. The Bertz CT molecular complexity index is 777. The van der Waals surface area contributed by atoms with Gasteiger partial charge in [0.05, 0.1) is 24.8 Å². The fraction of sp³-hybridized carbons (Fsp3) is 0.200. The molecule has 2 aromatic carbocycles. The summed E-state index contributed by atoms with van der Waals surface area (Å²) in [5.41, 5.74) is 0.377. The van der Waals surface area contributed by atoms with Gasteiger partial charge in [-0.3, -0.25) is 4.31 Å². The maximum Gasteiger partial charge on any atom is 0.264 e. The van der Waals surface area contributed by atoms with Gasteiger partial charge in [-0.1, -0.05) is 6.07 Å².